The Morgan fingerprint density at radius 3 is 2.72 bits per heavy atom. The van der Waals surface area contributed by atoms with Crippen LogP contribution >= 0.6 is 11.8 Å². The molecule has 5 nitrogen and oxygen atoms in total. The van der Waals surface area contributed by atoms with E-state index in [1.54, 1.807) is 18.0 Å². The topological polar surface area (TPSA) is 75.1 Å². The molecule has 136 valence electrons. The zero-order valence-corrected chi connectivity index (χ0v) is 15.8. The van der Waals surface area contributed by atoms with Crippen LogP contribution < -0.4 is 5.32 Å². The van der Waals surface area contributed by atoms with Crippen molar-refractivity contribution in [3.8, 4) is 0 Å². The summed E-state index contributed by atoms with van der Waals surface area (Å²) in [5.41, 5.74) is 0.129. The molecule has 2 unspecified atom stereocenters. The van der Waals surface area contributed by atoms with Gasteiger partial charge in [0.2, 0.25) is 0 Å². The van der Waals surface area contributed by atoms with E-state index >= 15 is 0 Å². The third kappa shape index (κ3) is 3.31. The monoisotopic (exact) mass is 361 g/mol. The van der Waals surface area contributed by atoms with Gasteiger partial charge in [0.15, 0.2) is 0 Å². The van der Waals surface area contributed by atoms with Crippen LogP contribution in [0.15, 0.2) is 11.2 Å². The predicted molar refractivity (Wildman–Crippen MR) is 97.5 cm³/mol. The predicted octanol–water partition coefficient (Wildman–Crippen LogP) is 2.96. The molecule has 4 bridgehead atoms. The van der Waals surface area contributed by atoms with Crippen LogP contribution in [-0.2, 0) is 0 Å². The van der Waals surface area contributed by atoms with Gasteiger partial charge in [0.05, 0.1) is 11.2 Å². The summed E-state index contributed by atoms with van der Waals surface area (Å²) in [4.78, 5) is 21.7. The number of thioether (sulfide) groups is 1. The number of hydrogen-bond donors (Lipinski definition) is 2. The first-order chi connectivity index (χ1) is 12.0. The van der Waals surface area contributed by atoms with E-state index in [1.165, 1.54) is 0 Å². The van der Waals surface area contributed by atoms with Crippen LogP contribution in [0.25, 0.3) is 0 Å². The molecule has 0 radical (unpaired) electrons. The van der Waals surface area contributed by atoms with Crippen molar-refractivity contribution in [3.63, 3.8) is 0 Å². The van der Waals surface area contributed by atoms with Gasteiger partial charge < -0.3 is 10.4 Å². The summed E-state index contributed by atoms with van der Waals surface area (Å²) in [6.07, 6.45) is 7.64. The Morgan fingerprint density at radius 1 is 1.36 bits per heavy atom. The summed E-state index contributed by atoms with van der Waals surface area (Å²) < 4.78 is 0. The van der Waals surface area contributed by atoms with E-state index in [2.05, 4.69) is 22.2 Å². The molecule has 2 atom stereocenters. The molecule has 4 aliphatic rings. The van der Waals surface area contributed by atoms with E-state index < -0.39 is 5.60 Å². The van der Waals surface area contributed by atoms with Gasteiger partial charge in [-0.05, 0) is 69.0 Å². The SMILES string of the molecule is CCCSc1nc(C)ncc1C(=O)N[C@H]1C2CC3CC1C[C@@](O)(C3)C2. The van der Waals surface area contributed by atoms with Crippen LogP contribution in [0, 0.1) is 24.7 Å². The molecule has 0 aromatic carbocycles. The number of carbonyl (C=O) groups excluding carboxylic acids is 1. The van der Waals surface area contributed by atoms with Crippen molar-refractivity contribution in [1.29, 1.82) is 0 Å². The maximum absolute atomic E-state index is 12.9. The van der Waals surface area contributed by atoms with Gasteiger partial charge in [-0.1, -0.05) is 6.92 Å². The maximum atomic E-state index is 12.9. The Morgan fingerprint density at radius 2 is 2.08 bits per heavy atom. The second-order valence-corrected chi connectivity index (χ2v) is 9.26. The Kier molecular flexibility index (Phi) is 4.52. The second kappa shape index (κ2) is 6.54. The molecule has 1 aromatic heterocycles. The molecular formula is C19H27N3O2S. The fourth-order valence-electron chi connectivity index (χ4n) is 5.36. The van der Waals surface area contributed by atoms with Gasteiger partial charge >= 0.3 is 0 Å². The van der Waals surface area contributed by atoms with Crippen molar-refractivity contribution >= 4 is 17.7 Å². The van der Waals surface area contributed by atoms with Crippen LogP contribution in [0.4, 0.5) is 0 Å². The van der Waals surface area contributed by atoms with Gasteiger partial charge in [0, 0.05) is 12.2 Å². The number of carbonyl (C=O) groups is 1. The van der Waals surface area contributed by atoms with E-state index in [4.69, 9.17) is 0 Å². The summed E-state index contributed by atoms with van der Waals surface area (Å²) in [6.45, 7) is 3.98. The minimum absolute atomic E-state index is 0.0527. The standard InChI is InChI=1S/C19H27N3O2S/c1-3-4-25-18-15(10-20-11(2)21-18)17(23)22-16-13-5-12-6-14(16)9-19(24,7-12)8-13/h10,12-14,16,24H,3-9H2,1-2H3,(H,22,23)/t12?,13?,14?,16-,19+. The number of aliphatic hydroxyl groups is 1. The van der Waals surface area contributed by atoms with Crippen molar-refractivity contribution in [1.82, 2.24) is 15.3 Å². The lowest BCUT2D eigenvalue weighted by molar-refractivity contribution is -0.136. The molecule has 6 heteroatoms. The minimum Gasteiger partial charge on any atom is -0.390 e. The fraction of sp³-hybridized carbons (Fsp3) is 0.737. The Balaban J connectivity index is 1.51. The molecule has 5 rings (SSSR count). The maximum Gasteiger partial charge on any atom is 0.255 e. The van der Waals surface area contributed by atoms with Gasteiger partial charge in [-0.2, -0.15) is 0 Å². The molecule has 0 saturated heterocycles. The van der Waals surface area contributed by atoms with Crippen molar-refractivity contribution in [2.45, 2.75) is 69.0 Å². The van der Waals surface area contributed by atoms with Gasteiger partial charge in [0.1, 0.15) is 10.9 Å². The highest BCUT2D eigenvalue weighted by atomic mass is 32.2. The highest BCUT2D eigenvalue weighted by Crippen LogP contribution is 2.55. The Labute approximate surface area is 153 Å². The number of hydrogen-bond acceptors (Lipinski definition) is 5. The Bertz CT molecular complexity index is 665. The van der Waals surface area contributed by atoms with E-state index in [0.717, 1.165) is 49.3 Å². The first-order valence-electron chi connectivity index (χ1n) is 9.47. The van der Waals surface area contributed by atoms with Gasteiger partial charge in [-0.3, -0.25) is 4.79 Å². The first-order valence-corrected chi connectivity index (χ1v) is 10.5. The molecule has 4 fully saturated rings. The molecule has 1 heterocycles. The van der Waals surface area contributed by atoms with Crippen LogP contribution in [-0.4, -0.2) is 38.4 Å². The van der Waals surface area contributed by atoms with Crippen LogP contribution in [0.3, 0.4) is 0 Å². The van der Waals surface area contributed by atoms with Crippen molar-refractivity contribution in [2.24, 2.45) is 17.8 Å². The number of amides is 1. The lowest BCUT2D eigenvalue weighted by Gasteiger charge is -2.58. The summed E-state index contributed by atoms with van der Waals surface area (Å²) in [7, 11) is 0. The third-order valence-electron chi connectivity index (χ3n) is 6.10. The van der Waals surface area contributed by atoms with E-state index in [-0.39, 0.29) is 11.9 Å². The zero-order valence-electron chi connectivity index (χ0n) is 15.0. The van der Waals surface area contributed by atoms with Crippen LogP contribution in [0.2, 0.25) is 0 Å². The van der Waals surface area contributed by atoms with Crippen molar-refractivity contribution in [3.05, 3.63) is 17.6 Å². The Hall–Kier alpha value is -1.14. The first kappa shape index (κ1) is 17.3. The lowest BCUT2D eigenvalue weighted by atomic mass is 9.52. The van der Waals surface area contributed by atoms with E-state index in [9.17, 15) is 9.90 Å². The lowest BCUT2D eigenvalue weighted by Crippen LogP contribution is -2.61. The van der Waals surface area contributed by atoms with E-state index in [0.29, 0.717) is 29.1 Å². The number of nitrogens with one attached hydrogen (secondary N) is 1. The summed E-state index contributed by atoms with van der Waals surface area (Å²) >= 11 is 1.63. The highest BCUT2D eigenvalue weighted by Gasteiger charge is 2.55. The molecule has 4 saturated carbocycles. The molecule has 2 N–H and O–H groups in total. The normalized spacial score (nSPS) is 35.8. The largest absolute Gasteiger partial charge is 0.390 e. The quantitative estimate of drug-likeness (QED) is 0.623. The summed E-state index contributed by atoms with van der Waals surface area (Å²) in [5.74, 6) is 3.07. The molecule has 1 aromatic rings. The van der Waals surface area contributed by atoms with E-state index in [1.807, 2.05) is 6.92 Å². The fourth-order valence-corrected chi connectivity index (χ4v) is 6.25. The van der Waals surface area contributed by atoms with Crippen molar-refractivity contribution in [2.75, 3.05) is 5.75 Å². The van der Waals surface area contributed by atoms with Crippen molar-refractivity contribution < 1.29 is 9.90 Å². The number of nitrogens with zero attached hydrogens (tertiary/aromatic N) is 2. The van der Waals surface area contributed by atoms with Gasteiger partial charge in [0.25, 0.3) is 5.91 Å². The summed E-state index contributed by atoms with van der Waals surface area (Å²) in [5, 5.41) is 14.8. The molecule has 0 aliphatic heterocycles. The number of rotatable bonds is 5. The smallest absolute Gasteiger partial charge is 0.255 e. The number of aromatic nitrogens is 2. The zero-order chi connectivity index (χ0) is 17.6. The molecule has 0 spiro atoms. The summed E-state index contributed by atoms with van der Waals surface area (Å²) in [6, 6.07) is 0.189. The van der Waals surface area contributed by atoms with Gasteiger partial charge in [-0.25, -0.2) is 9.97 Å². The van der Waals surface area contributed by atoms with Crippen LogP contribution in [0.5, 0.6) is 0 Å². The minimum atomic E-state index is -0.465. The number of aryl methyl sites for hydroxylation is 1. The third-order valence-corrected chi connectivity index (χ3v) is 7.30. The molecular weight excluding hydrogens is 334 g/mol. The molecule has 25 heavy (non-hydrogen) atoms. The molecule has 1 amide bonds. The average Bonchev–Trinajstić information content (AvgIpc) is 2.54. The van der Waals surface area contributed by atoms with Crippen LogP contribution in [0.1, 0.15) is 61.6 Å². The average molecular weight is 362 g/mol. The second-order valence-electron chi connectivity index (χ2n) is 8.18. The highest BCUT2D eigenvalue weighted by molar-refractivity contribution is 7.99. The van der Waals surface area contributed by atoms with Gasteiger partial charge in [-0.15, -0.1) is 11.8 Å². The molecule has 4 aliphatic carbocycles.